The zero-order valence-electron chi connectivity index (χ0n) is 12.5. The summed E-state index contributed by atoms with van der Waals surface area (Å²) in [6.45, 7) is 0. The van der Waals surface area contributed by atoms with Crippen molar-refractivity contribution in [3.8, 4) is 17.2 Å². The van der Waals surface area contributed by atoms with Crippen molar-refractivity contribution < 1.29 is 36.0 Å². The molecule has 0 unspecified atom stereocenters. The molecule has 3 aromatic rings. The molecule has 0 bridgehead atoms. The summed E-state index contributed by atoms with van der Waals surface area (Å²) >= 11 is 0. The van der Waals surface area contributed by atoms with E-state index in [0.29, 0.717) is 17.2 Å². The van der Waals surface area contributed by atoms with Crippen LogP contribution in [0, 0.1) is 0 Å². The van der Waals surface area contributed by atoms with Crippen molar-refractivity contribution in [1.82, 2.24) is 0 Å². The van der Waals surface area contributed by atoms with Crippen molar-refractivity contribution in [3.63, 3.8) is 0 Å². The second-order valence-electron chi connectivity index (χ2n) is 4.44. The summed E-state index contributed by atoms with van der Waals surface area (Å²) < 4.78 is 17.5. The third-order valence-electron chi connectivity index (χ3n) is 2.77. The number of rotatable bonds is 6. The fraction of sp³-hybridized carbons (Fsp3) is 0. The summed E-state index contributed by atoms with van der Waals surface area (Å²) in [5.74, 6) is 2.13. The van der Waals surface area contributed by atoms with E-state index in [2.05, 4.69) is 0 Å². The normalized spacial score (nSPS) is 9.38. The third kappa shape index (κ3) is 6.56. The van der Waals surface area contributed by atoms with Crippen LogP contribution in [0.4, 0.5) is 0 Å². The Balaban J connectivity index is 0.00000144. The van der Waals surface area contributed by atoms with Gasteiger partial charge in [-0.25, -0.2) is 0 Å². The smallest absolute Gasteiger partial charge is 0.409 e. The molecule has 1 radical (unpaired) electrons. The van der Waals surface area contributed by atoms with Crippen molar-refractivity contribution in [2.45, 2.75) is 0 Å². The van der Waals surface area contributed by atoms with Gasteiger partial charge < -0.3 is 13.6 Å². The molecule has 3 rings (SSSR count). The monoisotopic (exact) mass is 543 g/mol. The van der Waals surface area contributed by atoms with Gasteiger partial charge in [0.25, 0.3) is 0 Å². The molecule has 0 atom stereocenters. The van der Waals surface area contributed by atoms with Gasteiger partial charge in [0, 0.05) is 22.4 Å². The minimum absolute atomic E-state index is 0. The molecule has 0 aliphatic rings. The second-order valence-corrected chi connectivity index (χ2v) is 5.43. The SMILES string of the molecule is Cl.[Au].c1ccc(OP(Oc2ccccc2)Oc2ccccc2)cc1. The first-order valence-corrected chi connectivity index (χ1v) is 7.99. The van der Waals surface area contributed by atoms with Gasteiger partial charge in [0.15, 0.2) is 0 Å². The molecule has 0 N–H and O–H groups in total. The summed E-state index contributed by atoms with van der Waals surface area (Å²) in [5.41, 5.74) is 0. The molecule has 0 heterocycles. The maximum atomic E-state index is 5.84. The maximum Gasteiger partial charge on any atom is 0.530 e. The van der Waals surface area contributed by atoms with E-state index in [-0.39, 0.29) is 34.8 Å². The van der Waals surface area contributed by atoms with Crippen LogP contribution >= 0.6 is 21.0 Å². The van der Waals surface area contributed by atoms with E-state index in [9.17, 15) is 0 Å². The number of para-hydroxylation sites is 3. The van der Waals surface area contributed by atoms with Crippen LogP contribution in [0.15, 0.2) is 91.0 Å². The fourth-order valence-electron chi connectivity index (χ4n) is 1.76. The van der Waals surface area contributed by atoms with Crippen molar-refractivity contribution in [3.05, 3.63) is 91.0 Å². The summed E-state index contributed by atoms with van der Waals surface area (Å²) in [5, 5.41) is 0. The standard InChI is InChI=1S/C18H15O3P.Au.ClH/c1-4-10-16(11-5-1)19-22(20-17-12-6-2-7-13-17)21-18-14-8-3-9-15-18;;/h1-15H;;1H. The van der Waals surface area contributed by atoms with Gasteiger partial charge in [-0.1, -0.05) is 54.6 Å². The van der Waals surface area contributed by atoms with Gasteiger partial charge in [0.2, 0.25) is 0 Å². The first-order valence-electron chi connectivity index (χ1n) is 6.89. The zero-order valence-corrected chi connectivity index (χ0v) is 16.4. The average Bonchev–Trinajstić information content (AvgIpc) is 2.57. The second kappa shape index (κ2) is 11.1. The Bertz CT molecular complexity index is 588. The molecule has 0 saturated heterocycles. The minimum atomic E-state index is -1.59. The largest absolute Gasteiger partial charge is 0.530 e. The van der Waals surface area contributed by atoms with Crippen LogP contribution in [0.2, 0.25) is 0 Å². The topological polar surface area (TPSA) is 27.7 Å². The Morgan fingerprint density at radius 1 is 0.458 bits per heavy atom. The van der Waals surface area contributed by atoms with Crippen LogP contribution in [-0.2, 0) is 22.4 Å². The number of hydrogen-bond acceptors (Lipinski definition) is 3. The molecular weight excluding hydrogens is 528 g/mol. The minimum Gasteiger partial charge on any atom is -0.409 e. The fourth-order valence-corrected chi connectivity index (χ4v) is 2.75. The van der Waals surface area contributed by atoms with E-state index in [1.54, 1.807) is 0 Å². The quantitative estimate of drug-likeness (QED) is 0.288. The number of halogens is 1. The van der Waals surface area contributed by atoms with Gasteiger partial charge in [0.1, 0.15) is 17.2 Å². The Kier molecular flexibility index (Phi) is 9.55. The number of benzene rings is 3. The van der Waals surface area contributed by atoms with Gasteiger partial charge in [-0.2, -0.15) is 0 Å². The van der Waals surface area contributed by atoms with E-state index in [0.717, 1.165) is 0 Å². The molecule has 0 aliphatic carbocycles. The summed E-state index contributed by atoms with van der Waals surface area (Å²) in [4.78, 5) is 0. The molecule has 0 saturated carbocycles. The maximum absolute atomic E-state index is 5.84. The van der Waals surface area contributed by atoms with Gasteiger partial charge in [0.05, 0.1) is 0 Å². The van der Waals surface area contributed by atoms with Gasteiger partial charge in [-0.3, -0.25) is 0 Å². The van der Waals surface area contributed by atoms with E-state index in [4.69, 9.17) is 13.6 Å². The van der Waals surface area contributed by atoms with Gasteiger partial charge in [-0.05, 0) is 36.4 Å². The van der Waals surface area contributed by atoms with E-state index < -0.39 is 8.60 Å². The molecule has 24 heavy (non-hydrogen) atoms. The van der Waals surface area contributed by atoms with Gasteiger partial charge in [-0.15, -0.1) is 12.4 Å². The molecule has 0 aromatic heterocycles. The Hall–Kier alpha value is -1.48. The van der Waals surface area contributed by atoms with Crippen LogP contribution in [-0.4, -0.2) is 0 Å². The van der Waals surface area contributed by atoms with E-state index in [1.165, 1.54) is 0 Å². The molecular formula is C18H16AuClO3P. The molecule has 129 valence electrons. The van der Waals surface area contributed by atoms with Crippen LogP contribution in [0.3, 0.4) is 0 Å². The molecule has 3 aromatic carbocycles. The van der Waals surface area contributed by atoms with Crippen LogP contribution in [0.5, 0.6) is 17.2 Å². The predicted octanol–water partition coefficient (Wildman–Crippen LogP) is 5.87. The Morgan fingerprint density at radius 3 is 0.958 bits per heavy atom. The van der Waals surface area contributed by atoms with Gasteiger partial charge >= 0.3 is 8.60 Å². The first-order chi connectivity index (χ1) is 10.9. The van der Waals surface area contributed by atoms with E-state index in [1.807, 2.05) is 91.0 Å². The molecule has 0 aliphatic heterocycles. The van der Waals surface area contributed by atoms with Crippen LogP contribution < -0.4 is 13.6 Å². The molecule has 3 nitrogen and oxygen atoms in total. The molecule has 0 spiro atoms. The first kappa shape index (κ1) is 20.6. The average molecular weight is 544 g/mol. The van der Waals surface area contributed by atoms with E-state index >= 15 is 0 Å². The summed E-state index contributed by atoms with van der Waals surface area (Å²) in [6.07, 6.45) is 0. The number of hydrogen-bond donors (Lipinski definition) is 0. The van der Waals surface area contributed by atoms with Crippen molar-refractivity contribution in [2.24, 2.45) is 0 Å². The predicted molar refractivity (Wildman–Crippen MR) is 95.4 cm³/mol. The van der Waals surface area contributed by atoms with Crippen LogP contribution in [0.1, 0.15) is 0 Å². The van der Waals surface area contributed by atoms with Crippen molar-refractivity contribution in [2.75, 3.05) is 0 Å². The molecule has 0 fully saturated rings. The zero-order chi connectivity index (χ0) is 15.0. The molecule has 6 heteroatoms. The molecule has 0 amide bonds. The summed E-state index contributed by atoms with van der Waals surface area (Å²) in [6, 6.07) is 28.5. The summed E-state index contributed by atoms with van der Waals surface area (Å²) in [7, 11) is -1.59. The van der Waals surface area contributed by atoms with Crippen molar-refractivity contribution >= 4 is 21.0 Å². The Labute approximate surface area is 164 Å². The van der Waals surface area contributed by atoms with Crippen LogP contribution in [0.25, 0.3) is 0 Å². The van der Waals surface area contributed by atoms with Crippen molar-refractivity contribution in [1.29, 1.82) is 0 Å². The third-order valence-corrected chi connectivity index (χ3v) is 3.85. The Morgan fingerprint density at radius 2 is 0.708 bits per heavy atom.